The van der Waals surface area contributed by atoms with Crippen LogP contribution in [0.5, 0.6) is 0 Å². The van der Waals surface area contributed by atoms with Crippen molar-refractivity contribution in [3.8, 4) is 11.4 Å². The van der Waals surface area contributed by atoms with Gasteiger partial charge in [-0.3, -0.25) is 9.78 Å². The summed E-state index contributed by atoms with van der Waals surface area (Å²) < 4.78 is 5.31. The lowest BCUT2D eigenvalue weighted by molar-refractivity contribution is -0.142. The maximum absolute atomic E-state index is 11.3. The second-order valence-electron chi connectivity index (χ2n) is 5.14. The highest BCUT2D eigenvalue weighted by molar-refractivity contribution is 5.71. The van der Waals surface area contributed by atoms with E-state index in [9.17, 15) is 9.90 Å². The van der Waals surface area contributed by atoms with Gasteiger partial charge in [0.2, 0.25) is 11.7 Å². The molecule has 1 aliphatic carbocycles. The molecule has 0 fully saturated rings. The third kappa shape index (κ3) is 2.56. The number of aromatic nitrogens is 3. The molecule has 0 bridgehead atoms. The van der Waals surface area contributed by atoms with Crippen molar-refractivity contribution < 1.29 is 14.4 Å². The highest BCUT2D eigenvalue weighted by atomic mass is 16.5. The molecule has 2 heterocycles. The second-order valence-corrected chi connectivity index (χ2v) is 5.14. The quantitative estimate of drug-likeness (QED) is 0.872. The summed E-state index contributed by atoms with van der Waals surface area (Å²) in [5.74, 6) is -0.787. The number of pyridine rings is 1. The first kappa shape index (κ1) is 13.5. The standard InChI is InChI=1S/C15H15N3O3/c1-9-6-7-16-8-12(9)13-17-14(21-18-13)10-4-2-3-5-11(10)15(19)20/h2-3,6-8,10-11H,4-5H2,1H3,(H,19,20)/t10-,11+/m1/s1. The number of allylic oxidation sites excluding steroid dienone is 2. The fourth-order valence-corrected chi connectivity index (χ4v) is 2.55. The number of aryl methyl sites for hydroxylation is 1. The van der Waals surface area contributed by atoms with Crippen LogP contribution in [-0.4, -0.2) is 26.2 Å². The molecule has 2 aromatic rings. The van der Waals surface area contributed by atoms with Crippen LogP contribution >= 0.6 is 0 Å². The van der Waals surface area contributed by atoms with Crippen LogP contribution in [0.1, 0.15) is 30.2 Å². The maximum atomic E-state index is 11.3. The summed E-state index contributed by atoms with van der Waals surface area (Å²) in [5, 5.41) is 13.3. The molecule has 2 aromatic heterocycles. The molecule has 0 unspecified atom stereocenters. The van der Waals surface area contributed by atoms with Crippen molar-refractivity contribution in [2.24, 2.45) is 5.92 Å². The van der Waals surface area contributed by atoms with Gasteiger partial charge in [-0.05, 0) is 31.4 Å². The van der Waals surface area contributed by atoms with Crippen LogP contribution in [0.3, 0.4) is 0 Å². The lowest BCUT2D eigenvalue weighted by Gasteiger charge is -2.21. The van der Waals surface area contributed by atoms with E-state index in [0.717, 1.165) is 11.1 Å². The molecule has 21 heavy (non-hydrogen) atoms. The molecule has 1 N–H and O–H groups in total. The summed E-state index contributed by atoms with van der Waals surface area (Å²) in [5.41, 5.74) is 1.79. The normalized spacial score (nSPS) is 21.4. The van der Waals surface area contributed by atoms with Gasteiger partial charge in [0.15, 0.2) is 0 Å². The average molecular weight is 285 g/mol. The van der Waals surface area contributed by atoms with Crippen molar-refractivity contribution in [1.82, 2.24) is 15.1 Å². The Kier molecular flexibility index (Phi) is 3.51. The van der Waals surface area contributed by atoms with Gasteiger partial charge in [-0.2, -0.15) is 4.98 Å². The fourth-order valence-electron chi connectivity index (χ4n) is 2.55. The number of aliphatic carboxylic acids is 1. The largest absolute Gasteiger partial charge is 0.481 e. The summed E-state index contributed by atoms with van der Waals surface area (Å²) in [6, 6.07) is 1.87. The smallest absolute Gasteiger partial charge is 0.307 e. The minimum absolute atomic E-state index is 0.272. The van der Waals surface area contributed by atoms with Gasteiger partial charge in [-0.1, -0.05) is 17.3 Å². The van der Waals surface area contributed by atoms with E-state index in [1.807, 2.05) is 25.1 Å². The predicted molar refractivity (Wildman–Crippen MR) is 74.5 cm³/mol. The van der Waals surface area contributed by atoms with Crippen LogP contribution in [0.2, 0.25) is 0 Å². The van der Waals surface area contributed by atoms with Crippen LogP contribution in [0.25, 0.3) is 11.4 Å². The first-order valence-electron chi connectivity index (χ1n) is 6.79. The predicted octanol–water partition coefficient (Wildman–Crippen LogP) is 2.57. The molecule has 0 aromatic carbocycles. The summed E-state index contributed by atoms with van der Waals surface area (Å²) >= 11 is 0. The lowest BCUT2D eigenvalue weighted by atomic mass is 9.83. The van der Waals surface area contributed by atoms with Crippen molar-refractivity contribution in [2.45, 2.75) is 25.7 Å². The van der Waals surface area contributed by atoms with Gasteiger partial charge in [-0.15, -0.1) is 0 Å². The Hall–Kier alpha value is -2.50. The molecule has 0 aliphatic heterocycles. The number of hydrogen-bond donors (Lipinski definition) is 1. The first-order chi connectivity index (χ1) is 10.2. The van der Waals surface area contributed by atoms with E-state index in [0.29, 0.717) is 24.6 Å². The second kappa shape index (κ2) is 5.47. The number of carbonyl (C=O) groups is 1. The molecule has 3 rings (SSSR count). The minimum atomic E-state index is -0.832. The third-order valence-corrected chi connectivity index (χ3v) is 3.79. The van der Waals surface area contributed by atoms with Gasteiger partial charge in [0.1, 0.15) is 0 Å². The number of carboxylic acid groups (broad SMARTS) is 1. The summed E-state index contributed by atoms with van der Waals surface area (Å²) in [7, 11) is 0. The van der Waals surface area contributed by atoms with Crippen molar-refractivity contribution in [2.75, 3.05) is 0 Å². The zero-order valence-electron chi connectivity index (χ0n) is 11.6. The molecule has 0 spiro atoms. The molecular formula is C15H15N3O3. The van der Waals surface area contributed by atoms with Gasteiger partial charge >= 0.3 is 5.97 Å². The summed E-state index contributed by atoms with van der Waals surface area (Å²) in [6.07, 6.45) is 8.32. The fraction of sp³-hybridized carbons (Fsp3) is 0.333. The van der Waals surface area contributed by atoms with E-state index in [1.165, 1.54) is 0 Å². The van der Waals surface area contributed by atoms with Crippen molar-refractivity contribution >= 4 is 5.97 Å². The maximum Gasteiger partial charge on any atom is 0.307 e. The summed E-state index contributed by atoms with van der Waals surface area (Å²) in [4.78, 5) is 19.8. The zero-order valence-corrected chi connectivity index (χ0v) is 11.6. The van der Waals surface area contributed by atoms with Gasteiger partial charge in [0.25, 0.3) is 0 Å². The molecular weight excluding hydrogens is 270 g/mol. The first-order valence-corrected chi connectivity index (χ1v) is 6.79. The molecule has 0 radical (unpaired) electrons. The van der Waals surface area contributed by atoms with Crippen molar-refractivity contribution in [1.29, 1.82) is 0 Å². The van der Waals surface area contributed by atoms with Crippen LogP contribution in [0.15, 0.2) is 35.1 Å². The zero-order chi connectivity index (χ0) is 14.8. The average Bonchev–Trinajstić information content (AvgIpc) is 2.97. The molecule has 1 aliphatic rings. The van der Waals surface area contributed by atoms with Crippen molar-refractivity contribution in [3.05, 3.63) is 42.1 Å². The highest BCUT2D eigenvalue weighted by Gasteiger charge is 2.34. The van der Waals surface area contributed by atoms with E-state index < -0.39 is 11.9 Å². The Morgan fingerprint density at radius 3 is 2.95 bits per heavy atom. The third-order valence-electron chi connectivity index (χ3n) is 3.79. The van der Waals surface area contributed by atoms with Crippen molar-refractivity contribution in [3.63, 3.8) is 0 Å². The van der Waals surface area contributed by atoms with Crippen LogP contribution in [0, 0.1) is 12.8 Å². The number of hydrogen-bond acceptors (Lipinski definition) is 5. The van der Waals surface area contributed by atoms with Gasteiger partial charge in [0, 0.05) is 18.0 Å². The van der Waals surface area contributed by atoms with E-state index in [2.05, 4.69) is 15.1 Å². The molecule has 108 valence electrons. The molecule has 6 nitrogen and oxygen atoms in total. The number of nitrogens with zero attached hydrogens (tertiary/aromatic N) is 3. The Morgan fingerprint density at radius 2 is 2.19 bits per heavy atom. The Bertz CT molecular complexity index is 693. The molecule has 6 heteroatoms. The van der Waals surface area contributed by atoms with E-state index in [1.54, 1.807) is 12.4 Å². The molecule has 0 saturated carbocycles. The highest BCUT2D eigenvalue weighted by Crippen LogP contribution is 2.34. The Balaban J connectivity index is 1.93. The Labute approximate surface area is 121 Å². The van der Waals surface area contributed by atoms with E-state index in [4.69, 9.17) is 4.52 Å². The van der Waals surface area contributed by atoms with E-state index in [-0.39, 0.29) is 5.92 Å². The Morgan fingerprint density at radius 1 is 1.38 bits per heavy atom. The van der Waals surface area contributed by atoms with Gasteiger partial charge in [0.05, 0.1) is 11.8 Å². The SMILES string of the molecule is Cc1ccncc1-c1noc([C@@H]2CC=CC[C@@H]2C(=O)O)n1. The number of rotatable bonds is 3. The monoisotopic (exact) mass is 285 g/mol. The molecule has 0 saturated heterocycles. The van der Waals surface area contributed by atoms with E-state index >= 15 is 0 Å². The van der Waals surface area contributed by atoms with Gasteiger partial charge in [-0.25, -0.2) is 0 Å². The summed E-state index contributed by atoms with van der Waals surface area (Å²) in [6.45, 7) is 1.94. The molecule has 0 amide bonds. The number of carboxylic acids is 1. The molecule has 2 atom stereocenters. The van der Waals surface area contributed by atoms with Crippen LogP contribution in [0.4, 0.5) is 0 Å². The topological polar surface area (TPSA) is 89.1 Å². The lowest BCUT2D eigenvalue weighted by Crippen LogP contribution is -2.23. The van der Waals surface area contributed by atoms with Crippen LogP contribution < -0.4 is 0 Å². The minimum Gasteiger partial charge on any atom is -0.481 e. The van der Waals surface area contributed by atoms with Gasteiger partial charge < -0.3 is 9.63 Å². The van der Waals surface area contributed by atoms with Crippen LogP contribution in [-0.2, 0) is 4.79 Å².